The predicted molar refractivity (Wildman–Crippen MR) is 93.2 cm³/mol. The molecule has 0 aliphatic heterocycles. The van der Waals surface area contributed by atoms with Gasteiger partial charge in [-0.05, 0) is 31.5 Å². The number of aromatic amines is 2. The van der Waals surface area contributed by atoms with Crippen LogP contribution in [0, 0.1) is 24.0 Å². The van der Waals surface area contributed by atoms with E-state index >= 15 is 0 Å². The molecule has 2 heterocycles. The Balaban J connectivity index is 2.22. The van der Waals surface area contributed by atoms with E-state index in [4.69, 9.17) is 11.6 Å². The van der Waals surface area contributed by atoms with E-state index in [0.717, 1.165) is 11.3 Å². The topological polar surface area (TPSA) is 110 Å². The van der Waals surface area contributed by atoms with Gasteiger partial charge in [-0.15, -0.1) is 0 Å². The zero-order valence-electron chi connectivity index (χ0n) is 13.6. The van der Waals surface area contributed by atoms with Gasteiger partial charge in [-0.25, -0.2) is 4.98 Å². The zero-order valence-corrected chi connectivity index (χ0v) is 14.4. The molecule has 0 saturated heterocycles. The minimum atomic E-state index is -0.833. The number of nitrogens with one attached hydrogen (secondary N) is 2. The Morgan fingerprint density at radius 2 is 2.12 bits per heavy atom. The van der Waals surface area contributed by atoms with Crippen LogP contribution in [0.1, 0.15) is 28.4 Å². The smallest absolute Gasteiger partial charge is 0.268 e. The van der Waals surface area contributed by atoms with Crippen LogP contribution in [0.3, 0.4) is 0 Å². The van der Waals surface area contributed by atoms with Crippen molar-refractivity contribution >= 4 is 11.6 Å². The number of nitro groups is 1. The van der Waals surface area contributed by atoms with E-state index < -0.39 is 22.9 Å². The molecule has 2 aromatic heterocycles. The molecule has 130 valence electrons. The highest BCUT2D eigenvalue weighted by Crippen LogP contribution is 2.31. The lowest BCUT2D eigenvalue weighted by Gasteiger charge is -2.16. The van der Waals surface area contributed by atoms with Gasteiger partial charge in [0.2, 0.25) is 6.54 Å². The van der Waals surface area contributed by atoms with E-state index in [2.05, 4.69) is 15.2 Å². The van der Waals surface area contributed by atoms with Crippen LogP contribution in [0.25, 0.3) is 5.69 Å². The third-order valence-electron chi connectivity index (χ3n) is 4.06. The molecular formula is C16H16ClN5O3. The lowest BCUT2D eigenvalue weighted by molar-refractivity contribution is -0.482. The van der Waals surface area contributed by atoms with Gasteiger partial charge in [0.1, 0.15) is 6.33 Å². The Hall–Kier alpha value is -2.87. The summed E-state index contributed by atoms with van der Waals surface area (Å²) in [5.41, 5.74) is 2.62. The Labute approximate surface area is 147 Å². The number of imidazole rings is 1. The van der Waals surface area contributed by atoms with E-state index in [9.17, 15) is 14.9 Å². The summed E-state index contributed by atoms with van der Waals surface area (Å²) in [6, 6.07) is 7.58. The van der Waals surface area contributed by atoms with Gasteiger partial charge in [-0.3, -0.25) is 20.0 Å². The quantitative estimate of drug-likeness (QED) is 0.537. The van der Waals surface area contributed by atoms with Crippen LogP contribution in [-0.4, -0.2) is 31.2 Å². The third kappa shape index (κ3) is 3.20. The number of hydrogen-bond donors (Lipinski definition) is 2. The SMILES string of the molecule is Cc1cccc(-n2cnc(Cl)c2C(C[N+](=O)[O-])c2c(C)[nH][nH]c2=O)c1. The van der Waals surface area contributed by atoms with Gasteiger partial charge < -0.3 is 9.67 Å². The molecular weight excluding hydrogens is 346 g/mol. The molecule has 0 amide bonds. The van der Waals surface area contributed by atoms with Crippen LogP contribution in [0.2, 0.25) is 5.15 Å². The second-order valence-electron chi connectivity index (χ2n) is 5.82. The van der Waals surface area contributed by atoms with Gasteiger partial charge in [-0.2, -0.15) is 0 Å². The van der Waals surface area contributed by atoms with Gasteiger partial charge in [0.05, 0.1) is 17.2 Å². The summed E-state index contributed by atoms with van der Waals surface area (Å²) in [5.74, 6) is -0.833. The van der Waals surface area contributed by atoms with Crippen LogP contribution in [0.4, 0.5) is 0 Å². The highest BCUT2D eigenvalue weighted by molar-refractivity contribution is 6.30. The Kier molecular flexibility index (Phi) is 4.45. The largest absolute Gasteiger partial charge is 0.302 e. The molecule has 0 fully saturated rings. The molecule has 0 radical (unpaired) electrons. The number of rotatable bonds is 5. The van der Waals surface area contributed by atoms with Crippen LogP contribution in [0.5, 0.6) is 0 Å². The summed E-state index contributed by atoms with van der Waals surface area (Å²) in [5, 5.41) is 16.6. The minimum absolute atomic E-state index is 0.133. The average Bonchev–Trinajstić information content (AvgIpc) is 3.08. The molecule has 1 unspecified atom stereocenters. The number of halogens is 1. The molecule has 2 N–H and O–H groups in total. The lowest BCUT2D eigenvalue weighted by atomic mass is 9.96. The average molecular weight is 362 g/mol. The van der Waals surface area contributed by atoms with Gasteiger partial charge in [-0.1, -0.05) is 23.7 Å². The molecule has 0 spiro atoms. The summed E-state index contributed by atoms with van der Waals surface area (Å²) in [6.45, 7) is 3.15. The Morgan fingerprint density at radius 1 is 1.36 bits per heavy atom. The number of H-pyrrole nitrogens is 2. The summed E-state index contributed by atoms with van der Waals surface area (Å²) < 4.78 is 1.69. The maximum absolute atomic E-state index is 12.2. The number of aryl methyl sites for hydroxylation is 2. The van der Waals surface area contributed by atoms with E-state index in [1.54, 1.807) is 11.5 Å². The maximum atomic E-state index is 12.2. The second-order valence-corrected chi connectivity index (χ2v) is 6.17. The lowest BCUT2D eigenvalue weighted by Crippen LogP contribution is -2.23. The van der Waals surface area contributed by atoms with Gasteiger partial charge >= 0.3 is 0 Å². The molecule has 0 aliphatic carbocycles. The van der Waals surface area contributed by atoms with Crippen molar-refractivity contribution in [2.45, 2.75) is 19.8 Å². The van der Waals surface area contributed by atoms with Crippen molar-refractivity contribution in [3.05, 3.63) is 78.7 Å². The summed E-state index contributed by atoms with van der Waals surface area (Å²) in [7, 11) is 0. The Bertz CT molecular complexity index is 988. The van der Waals surface area contributed by atoms with Crippen molar-refractivity contribution in [3.8, 4) is 5.69 Å². The van der Waals surface area contributed by atoms with Crippen molar-refractivity contribution < 1.29 is 4.92 Å². The fourth-order valence-corrected chi connectivity index (χ4v) is 3.24. The summed E-state index contributed by atoms with van der Waals surface area (Å²) in [6.07, 6.45) is 1.51. The van der Waals surface area contributed by atoms with E-state index in [1.165, 1.54) is 6.33 Å². The van der Waals surface area contributed by atoms with Crippen LogP contribution in [-0.2, 0) is 0 Å². The Morgan fingerprint density at radius 3 is 2.72 bits per heavy atom. The summed E-state index contributed by atoms with van der Waals surface area (Å²) in [4.78, 5) is 27.1. The summed E-state index contributed by atoms with van der Waals surface area (Å²) >= 11 is 6.26. The van der Waals surface area contributed by atoms with Crippen LogP contribution in [0.15, 0.2) is 35.4 Å². The van der Waals surface area contributed by atoms with Gasteiger partial charge in [0, 0.05) is 16.3 Å². The number of benzene rings is 1. The molecule has 1 aromatic carbocycles. The molecule has 3 aromatic rings. The van der Waals surface area contributed by atoms with E-state index in [0.29, 0.717) is 11.4 Å². The van der Waals surface area contributed by atoms with E-state index in [1.807, 2.05) is 31.2 Å². The first-order chi connectivity index (χ1) is 11.9. The second kappa shape index (κ2) is 6.56. The monoisotopic (exact) mass is 361 g/mol. The maximum Gasteiger partial charge on any atom is 0.268 e. The van der Waals surface area contributed by atoms with Crippen molar-refractivity contribution in [2.75, 3.05) is 6.54 Å². The number of aromatic nitrogens is 4. The first-order valence-electron chi connectivity index (χ1n) is 7.57. The normalized spacial score (nSPS) is 12.3. The standard InChI is InChI=1S/C16H16ClN5O3/c1-9-4-3-5-11(6-9)21-8-18-15(17)14(21)12(7-22(24)25)13-10(2)19-20-16(13)23/h3-6,8,12H,7H2,1-2H3,(H2,19,20,23). The fourth-order valence-electron chi connectivity index (χ4n) is 2.97. The molecule has 9 heteroatoms. The molecule has 1 atom stereocenters. The third-order valence-corrected chi connectivity index (χ3v) is 4.35. The first-order valence-corrected chi connectivity index (χ1v) is 7.95. The minimum Gasteiger partial charge on any atom is -0.302 e. The van der Waals surface area contributed by atoms with Crippen molar-refractivity contribution in [1.82, 2.24) is 19.7 Å². The molecule has 3 rings (SSSR count). The highest BCUT2D eigenvalue weighted by Gasteiger charge is 2.31. The van der Waals surface area contributed by atoms with Crippen molar-refractivity contribution in [1.29, 1.82) is 0 Å². The molecule has 25 heavy (non-hydrogen) atoms. The molecule has 0 saturated carbocycles. The predicted octanol–water partition coefficient (Wildman–Crippen LogP) is 2.57. The first kappa shape index (κ1) is 17.0. The number of nitrogens with zero attached hydrogens (tertiary/aromatic N) is 3. The van der Waals surface area contributed by atoms with Crippen LogP contribution < -0.4 is 5.56 Å². The molecule has 0 bridgehead atoms. The fraction of sp³-hybridized carbons (Fsp3) is 0.250. The molecule has 8 nitrogen and oxygen atoms in total. The van der Waals surface area contributed by atoms with Crippen molar-refractivity contribution in [3.63, 3.8) is 0 Å². The van der Waals surface area contributed by atoms with Crippen molar-refractivity contribution in [2.24, 2.45) is 0 Å². The molecule has 0 aliphatic rings. The van der Waals surface area contributed by atoms with Gasteiger partial charge in [0.15, 0.2) is 5.15 Å². The highest BCUT2D eigenvalue weighted by atomic mass is 35.5. The zero-order chi connectivity index (χ0) is 18.1. The number of hydrogen-bond acceptors (Lipinski definition) is 4. The van der Waals surface area contributed by atoms with E-state index in [-0.39, 0.29) is 10.7 Å². The van der Waals surface area contributed by atoms with Crippen LogP contribution >= 0.6 is 11.6 Å². The van der Waals surface area contributed by atoms with Gasteiger partial charge in [0.25, 0.3) is 5.56 Å².